The molecule has 0 saturated heterocycles. The smallest absolute Gasteiger partial charge is 0.331 e. The zero-order valence-electron chi connectivity index (χ0n) is 17.3. The first kappa shape index (κ1) is 25.6. The molecule has 0 spiro atoms. The number of hydrogen-bond donors (Lipinski definition) is 3. The highest BCUT2D eigenvalue weighted by Gasteiger charge is 2.39. The maximum absolute atomic E-state index is 12.6. The molecule has 3 N–H and O–H groups in total. The molecule has 0 bridgehead atoms. The van der Waals surface area contributed by atoms with Gasteiger partial charge in [-0.2, -0.15) is 0 Å². The minimum Gasteiger partial charge on any atom is -0.465 e. The first-order chi connectivity index (χ1) is 14.0. The van der Waals surface area contributed by atoms with Crippen molar-refractivity contribution in [1.29, 1.82) is 0 Å². The summed E-state index contributed by atoms with van der Waals surface area (Å²) in [6.07, 6.45) is -0.503. The summed E-state index contributed by atoms with van der Waals surface area (Å²) < 4.78 is 10.4. The van der Waals surface area contributed by atoms with Gasteiger partial charge in [-0.3, -0.25) is 19.2 Å². The van der Waals surface area contributed by atoms with Gasteiger partial charge < -0.3 is 25.2 Å². The molecule has 2 amide bonds. The number of aliphatic hydroxyl groups excluding tert-OH is 1. The minimum absolute atomic E-state index is 0.00702. The standard InChI is InChI=1S/C19H28N2O8S/c1-12(22)10-15(25)28-11-19(2,3)17-18(27)21-7-6-13(23)20-8-9-30-16(26)5-4-14(24)29-17/h4-5,12,17,22H,6-11H2,1-3H3,(H,20,23)(H,21,27)/b5-4+/t12-,17-/m0/s1. The van der Waals surface area contributed by atoms with Gasteiger partial charge in [-0.15, -0.1) is 0 Å². The van der Waals surface area contributed by atoms with Crippen LogP contribution in [-0.2, 0) is 33.4 Å². The van der Waals surface area contributed by atoms with Crippen LogP contribution < -0.4 is 10.6 Å². The molecule has 1 aliphatic heterocycles. The Bertz CT molecular complexity index is 690. The molecule has 1 rings (SSSR count). The van der Waals surface area contributed by atoms with E-state index in [9.17, 15) is 29.1 Å². The van der Waals surface area contributed by atoms with Gasteiger partial charge in [0.25, 0.3) is 5.91 Å². The van der Waals surface area contributed by atoms with E-state index >= 15 is 0 Å². The SMILES string of the molecule is C[C@H](O)CC(=O)OCC(C)(C)[C@H]1OC(=O)/C=C/C(=O)SCCNC(=O)CCNC1=O. The van der Waals surface area contributed by atoms with Crippen molar-refractivity contribution >= 4 is 40.6 Å². The van der Waals surface area contributed by atoms with Crippen LogP contribution in [0.15, 0.2) is 12.2 Å². The molecular formula is C19H28N2O8S. The number of thioether (sulfide) groups is 1. The summed E-state index contributed by atoms with van der Waals surface area (Å²) in [6.45, 7) is 4.58. The van der Waals surface area contributed by atoms with E-state index in [1.54, 1.807) is 13.8 Å². The molecule has 168 valence electrons. The lowest BCUT2D eigenvalue weighted by molar-refractivity contribution is -0.166. The average molecular weight is 445 g/mol. The van der Waals surface area contributed by atoms with Crippen molar-refractivity contribution in [3.8, 4) is 0 Å². The highest BCUT2D eigenvalue weighted by Crippen LogP contribution is 2.25. The van der Waals surface area contributed by atoms with Gasteiger partial charge in [0, 0.05) is 36.8 Å². The van der Waals surface area contributed by atoms with Gasteiger partial charge in [0.1, 0.15) is 6.61 Å². The monoisotopic (exact) mass is 444 g/mol. The van der Waals surface area contributed by atoms with Crippen LogP contribution in [0.25, 0.3) is 0 Å². The largest absolute Gasteiger partial charge is 0.465 e. The van der Waals surface area contributed by atoms with Crippen LogP contribution in [-0.4, -0.2) is 71.6 Å². The summed E-state index contributed by atoms with van der Waals surface area (Å²) in [5.41, 5.74) is -1.13. The summed E-state index contributed by atoms with van der Waals surface area (Å²) in [5, 5.41) is 14.0. The molecule has 2 atom stereocenters. The van der Waals surface area contributed by atoms with E-state index in [0.29, 0.717) is 5.75 Å². The lowest BCUT2D eigenvalue weighted by Gasteiger charge is -2.32. The second kappa shape index (κ2) is 12.3. The van der Waals surface area contributed by atoms with Gasteiger partial charge in [-0.05, 0) is 13.0 Å². The topological polar surface area (TPSA) is 148 Å². The van der Waals surface area contributed by atoms with Crippen LogP contribution in [0.3, 0.4) is 0 Å². The fourth-order valence-electron chi connectivity index (χ4n) is 2.37. The second-order valence-corrected chi connectivity index (χ2v) is 8.51. The lowest BCUT2D eigenvalue weighted by Crippen LogP contribution is -2.49. The molecule has 0 aromatic carbocycles. The quantitative estimate of drug-likeness (QED) is 0.486. The Morgan fingerprint density at radius 2 is 1.97 bits per heavy atom. The van der Waals surface area contributed by atoms with Crippen LogP contribution in [0.4, 0.5) is 0 Å². The van der Waals surface area contributed by atoms with Crippen LogP contribution in [0.5, 0.6) is 0 Å². The molecule has 1 aliphatic rings. The molecule has 0 fully saturated rings. The number of cyclic esters (lactones) is 1. The number of nitrogens with one attached hydrogen (secondary N) is 2. The van der Waals surface area contributed by atoms with Gasteiger partial charge in [0.2, 0.25) is 11.0 Å². The van der Waals surface area contributed by atoms with Crippen molar-refractivity contribution in [1.82, 2.24) is 10.6 Å². The minimum atomic E-state index is -1.36. The van der Waals surface area contributed by atoms with Crippen LogP contribution >= 0.6 is 11.8 Å². The molecule has 1 heterocycles. The van der Waals surface area contributed by atoms with Gasteiger partial charge in [-0.25, -0.2) is 4.79 Å². The number of hydrogen-bond acceptors (Lipinski definition) is 9. The molecule has 10 nitrogen and oxygen atoms in total. The second-order valence-electron chi connectivity index (χ2n) is 7.41. The van der Waals surface area contributed by atoms with E-state index in [0.717, 1.165) is 23.9 Å². The molecule has 30 heavy (non-hydrogen) atoms. The highest BCUT2D eigenvalue weighted by atomic mass is 32.2. The zero-order valence-corrected chi connectivity index (χ0v) is 18.1. The van der Waals surface area contributed by atoms with Gasteiger partial charge in [0.05, 0.1) is 12.5 Å². The first-order valence-corrected chi connectivity index (χ1v) is 10.4. The Morgan fingerprint density at radius 3 is 2.63 bits per heavy atom. The number of rotatable bonds is 5. The van der Waals surface area contributed by atoms with Crippen molar-refractivity contribution in [2.45, 2.75) is 45.8 Å². The predicted molar refractivity (Wildman–Crippen MR) is 108 cm³/mol. The molecule has 0 saturated carbocycles. The normalized spacial score (nSPS) is 21.9. The molecule has 0 unspecified atom stereocenters. The van der Waals surface area contributed by atoms with E-state index < -0.39 is 40.6 Å². The lowest BCUT2D eigenvalue weighted by atomic mass is 9.86. The zero-order chi connectivity index (χ0) is 22.7. The molecule has 0 radical (unpaired) electrons. The Morgan fingerprint density at radius 1 is 1.27 bits per heavy atom. The van der Waals surface area contributed by atoms with Gasteiger partial charge in [-0.1, -0.05) is 25.6 Å². The number of ether oxygens (including phenoxy) is 2. The van der Waals surface area contributed by atoms with Crippen LogP contribution in [0, 0.1) is 5.41 Å². The third-order valence-electron chi connectivity index (χ3n) is 3.92. The maximum Gasteiger partial charge on any atom is 0.331 e. The molecule has 11 heteroatoms. The van der Waals surface area contributed by atoms with Gasteiger partial charge >= 0.3 is 11.9 Å². The fraction of sp³-hybridized carbons (Fsp3) is 0.632. The highest BCUT2D eigenvalue weighted by molar-refractivity contribution is 8.14. The summed E-state index contributed by atoms with van der Waals surface area (Å²) in [6, 6.07) is 0. The fourth-order valence-corrected chi connectivity index (χ4v) is 2.94. The van der Waals surface area contributed by atoms with Crippen LogP contribution in [0.1, 0.15) is 33.6 Å². The molecule has 0 aromatic rings. The summed E-state index contributed by atoms with van der Waals surface area (Å²) in [4.78, 5) is 60.0. The predicted octanol–water partition coefficient (Wildman–Crippen LogP) is -0.309. The average Bonchev–Trinajstić information content (AvgIpc) is 2.65. The Labute approximate surface area is 179 Å². The van der Waals surface area contributed by atoms with E-state index in [2.05, 4.69) is 10.6 Å². The van der Waals surface area contributed by atoms with Crippen molar-refractivity contribution in [3.63, 3.8) is 0 Å². The van der Waals surface area contributed by atoms with Crippen molar-refractivity contribution in [3.05, 3.63) is 12.2 Å². The third kappa shape index (κ3) is 9.88. The first-order valence-electron chi connectivity index (χ1n) is 9.45. The molecular weight excluding hydrogens is 416 g/mol. The number of carbonyl (C=O) groups is 5. The van der Waals surface area contributed by atoms with Crippen molar-refractivity contribution in [2.24, 2.45) is 5.41 Å². The van der Waals surface area contributed by atoms with E-state index in [4.69, 9.17) is 9.47 Å². The molecule has 0 aliphatic carbocycles. The summed E-state index contributed by atoms with van der Waals surface area (Å²) in [5.74, 6) is -2.20. The number of aliphatic hydroxyl groups is 1. The van der Waals surface area contributed by atoms with Crippen molar-refractivity contribution in [2.75, 3.05) is 25.4 Å². The van der Waals surface area contributed by atoms with E-state index in [1.807, 2.05) is 0 Å². The Hall–Kier alpha value is -2.40. The molecule has 0 aromatic heterocycles. The van der Waals surface area contributed by atoms with E-state index in [1.165, 1.54) is 6.92 Å². The van der Waals surface area contributed by atoms with Crippen LogP contribution in [0.2, 0.25) is 0 Å². The number of carbonyl (C=O) groups excluding carboxylic acids is 5. The number of esters is 2. The Kier molecular flexibility index (Phi) is 10.5. The third-order valence-corrected chi connectivity index (χ3v) is 4.75. The Balaban J connectivity index is 2.95. The summed E-state index contributed by atoms with van der Waals surface area (Å²) >= 11 is 0.926. The van der Waals surface area contributed by atoms with E-state index in [-0.39, 0.29) is 38.4 Å². The maximum atomic E-state index is 12.6. The number of amides is 2. The van der Waals surface area contributed by atoms with Gasteiger partial charge in [0.15, 0.2) is 6.10 Å². The summed E-state index contributed by atoms with van der Waals surface area (Å²) in [7, 11) is 0. The van der Waals surface area contributed by atoms with Crippen molar-refractivity contribution < 1.29 is 38.6 Å².